The van der Waals surface area contributed by atoms with Crippen LogP contribution in [0.1, 0.15) is 21.5 Å². The van der Waals surface area contributed by atoms with Gasteiger partial charge in [0.05, 0.1) is 22.9 Å². The van der Waals surface area contributed by atoms with Crippen LogP contribution in [0.4, 0.5) is 0 Å². The molecule has 0 aliphatic carbocycles. The average molecular weight is 400 g/mol. The van der Waals surface area contributed by atoms with Gasteiger partial charge >= 0.3 is 5.97 Å². The molecule has 26 heavy (non-hydrogen) atoms. The smallest absolute Gasteiger partial charge is 0.338 e. The summed E-state index contributed by atoms with van der Waals surface area (Å²) in [5.74, 6) is -0.448. The van der Waals surface area contributed by atoms with E-state index in [0.29, 0.717) is 20.6 Å². The molecular formula is C18H13N3O2S3. The van der Waals surface area contributed by atoms with Crippen molar-refractivity contribution in [3.63, 3.8) is 0 Å². The quantitative estimate of drug-likeness (QED) is 0.354. The van der Waals surface area contributed by atoms with Gasteiger partial charge in [-0.05, 0) is 48.8 Å². The van der Waals surface area contributed by atoms with Crippen molar-refractivity contribution in [3.05, 3.63) is 69.2 Å². The Balaban J connectivity index is 1.72. The summed E-state index contributed by atoms with van der Waals surface area (Å²) in [5, 5.41) is 13.5. The van der Waals surface area contributed by atoms with Gasteiger partial charge in [0.1, 0.15) is 6.61 Å². The number of hydrogen-bond acceptors (Lipinski definition) is 7. The number of carbonyl (C=O) groups is 1. The molecule has 0 amide bonds. The Morgan fingerprint density at radius 1 is 1.31 bits per heavy atom. The summed E-state index contributed by atoms with van der Waals surface area (Å²) in [5.41, 5.74) is 2.39. The van der Waals surface area contributed by atoms with Crippen molar-refractivity contribution in [3.8, 4) is 11.8 Å². The van der Waals surface area contributed by atoms with E-state index in [1.807, 2.05) is 6.26 Å². The Hall–Kier alpha value is -2.47. The molecule has 0 aliphatic heterocycles. The summed E-state index contributed by atoms with van der Waals surface area (Å²) < 4.78 is 8.52. The van der Waals surface area contributed by atoms with Gasteiger partial charge in [0.25, 0.3) is 0 Å². The number of esters is 1. The number of aromatic nitrogens is 2. The van der Waals surface area contributed by atoms with Crippen LogP contribution in [0.5, 0.6) is 0 Å². The monoisotopic (exact) mass is 399 g/mol. The number of benzene rings is 2. The number of nitriles is 1. The van der Waals surface area contributed by atoms with Crippen molar-refractivity contribution >= 4 is 41.3 Å². The van der Waals surface area contributed by atoms with Gasteiger partial charge in [-0.2, -0.15) is 5.26 Å². The summed E-state index contributed by atoms with van der Waals surface area (Å²) in [6, 6.07) is 16.0. The number of ether oxygens (including phenoxy) is 1. The molecule has 3 rings (SSSR count). The highest BCUT2D eigenvalue weighted by molar-refractivity contribution is 8.00. The fourth-order valence-electron chi connectivity index (χ4n) is 2.23. The molecule has 2 aromatic carbocycles. The van der Waals surface area contributed by atoms with E-state index < -0.39 is 5.97 Å². The normalized spacial score (nSPS) is 10.3. The summed E-state index contributed by atoms with van der Waals surface area (Å²) >= 11 is 8.29. The fourth-order valence-corrected chi connectivity index (χ4v) is 4.01. The lowest BCUT2D eigenvalue weighted by atomic mass is 10.1. The Morgan fingerprint density at radius 2 is 2.04 bits per heavy atom. The number of rotatable bonds is 5. The second-order valence-electron chi connectivity index (χ2n) is 5.14. The molecule has 0 atom stereocenters. The molecule has 1 aromatic heterocycles. The maximum atomic E-state index is 12.2. The maximum Gasteiger partial charge on any atom is 0.338 e. The first kappa shape index (κ1) is 18.3. The fraction of sp³-hybridized carbons (Fsp3) is 0.111. The van der Waals surface area contributed by atoms with Gasteiger partial charge in [-0.3, -0.25) is 0 Å². The van der Waals surface area contributed by atoms with E-state index in [0.717, 1.165) is 10.0 Å². The molecule has 0 saturated carbocycles. The van der Waals surface area contributed by atoms with Crippen LogP contribution in [0.2, 0.25) is 0 Å². The zero-order valence-electron chi connectivity index (χ0n) is 13.7. The molecular weight excluding hydrogens is 386 g/mol. The Kier molecular flexibility index (Phi) is 5.83. The van der Waals surface area contributed by atoms with E-state index >= 15 is 0 Å². The second-order valence-corrected chi connectivity index (χ2v) is 7.82. The first-order chi connectivity index (χ1) is 12.6. The van der Waals surface area contributed by atoms with Crippen LogP contribution in [-0.4, -0.2) is 22.0 Å². The Bertz CT molecular complexity index is 1030. The van der Waals surface area contributed by atoms with Crippen LogP contribution < -0.4 is 0 Å². The standard InChI is InChI=1S/C18H13N3O2S3/c1-25-17-20-21(18(24)26-17)15-8-6-12(7-9-15)16(22)23-11-14-5-3-2-4-13(14)10-19/h2-9H,11H2,1H3. The van der Waals surface area contributed by atoms with Crippen LogP contribution in [0.3, 0.4) is 0 Å². The van der Waals surface area contributed by atoms with Crippen molar-refractivity contribution < 1.29 is 9.53 Å². The van der Waals surface area contributed by atoms with Gasteiger partial charge in [0.2, 0.25) is 0 Å². The molecule has 3 aromatic rings. The van der Waals surface area contributed by atoms with Crippen LogP contribution in [0, 0.1) is 15.3 Å². The van der Waals surface area contributed by atoms with E-state index in [1.54, 1.807) is 53.2 Å². The van der Waals surface area contributed by atoms with Gasteiger partial charge < -0.3 is 4.74 Å². The van der Waals surface area contributed by atoms with E-state index in [4.69, 9.17) is 22.2 Å². The van der Waals surface area contributed by atoms with E-state index in [9.17, 15) is 4.79 Å². The predicted molar refractivity (Wildman–Crippen MR) is 104 cm³/mol. The second kappa shape index (κ2) is 8.27. The molecule has 5 nitrogen and oxygen atoms in total. The van der Waals surface area contributed by atoms with Crippen molar-refractivity contribution in [1.29, 1.82) is 5.26 Å². The third-order valence-corrected chi connectivity index (χ3v) is 5.76. The van der Waals surface area contributed by atoms with Crippen molar-refractivity contribution in [1.82, 2.24) is 9.78 Å². The maximum absolute atomic E-state index is 12.2. The largest absolute Gasteiger partial charge is 0.457 e. The van der Waals surface area contributed by atoms with Gasteiger partial charge in [-0.1, -0.05) is 41.3 Å². The van der Waals surface area contributed by atoms with Crippen molar-refractivity contribution in [2.45, 2.75) is 10.9 Å². The number of thioether (sulfide) groups is 1. The minimum absolute atomic E-state index is 0.0541. The Labute approximate surface area is 163 Å². The minimum atomic E-state index is -0.448. The SMILES string of the molecule is CSc1nn(-c2ccc(C(=O)OCc3ccccc3C#N)cc2)c(=S)s1. The van der Waals surface area contributed by atoms with Gasteiger partial charge in [0, 0.05) is 5.56 Å². The average Bonchev–Trinajstić information content (AvgIpc) is 3.07. The van der Waals surface area contributed by atoms with Gasteiger partial charge in [-0.25, -0.2) is 9.48 Å². The van der Waals surface area contributed by atoms with Crippen molar-refractivity contribution in [2.24, 2.45) is 0 Å². The van der Waals surface area contributed by atoms with Crippen LogP contribution in [0.25, 0.3) is 5.69 Å². The first-order valence-electron chi connectivity index (χ1n) is 7.52. The summed E-state index contributed by atoms with van der Waals surface area (Å²) in [7, 11) is 0. The van der Waals surface area contributed by atoms with E-state index in [-0.39, 0.29) is 6.61 Å². The van der Waals surface area contributed by atoms with Crippen LogP contribution >= 0.6 is 35.3 Å². The highest BCUT2D eigenvalue weighted by Crippen LogP contribution is 2.22. The molecule has 8 heteroatoms. The third kappa shape index (κ3) is 4.02. The van der Waals surface area contributed by atoms with Gasteiger partial charge in [0.15, 0.2) is 8.29 Å². The number of nitrogens with zero attached hydrogens (tertiary/aromatic N) is 3. The van der Waals surface area contributed by atoms with Crippen LogP contribution in [-0.2, 0) is 11.3 Å². The highest BCUT2D eigenvalue weighted by Gasteiger charge is 2.11. The Morgan fingerprint density at radius 3 is 2.69 bits per heavy atom. The van der Waals surface area contributed by atoms with Gasteiger partial charge in [-0.15, -0.1) is 5.10 Å². The molecule has 0 spiro atoms. The first-order valence-corrected chi connectivity index (χ1v) is 9.97. The van der Waals surface area contributed by atoms with Crippen LogP contribution in [0.15, 0.2) is 52.9 Å². The van der Waals surface area contributed by atoms with Crippen molar-refractivity contribution in [2.75, 3.05) is 6.26 Å². The molecule has 130 valence electrons. The lowest BCUT2D eigenvalue weighted by Crippen LogP contribution is -2.06. The zero-order valence-corrected chi connectivity index (χ0v) is 16.2. The molecule has 0 unspecified atom stereocenters. The lowest BCUT2D eigenvalue weighted by molar-refractivity contribution is 0.0472. The zero-order chi connectivity index (χ0) is 18.5. The topological polar surface area (TPSA) is 67.9 Å². The third-order valence-electron chi connectivity index (χ3n) is 3.55. The molecule has 0 saturated heterocycles. The van der Waals surface area contributed by atoms with E-state index in [1.165, 1.54) is 23.1 Å². The molecule has 0 radical (unpaired) electrons. The molecule has 0 bridgehead atoms. The lowest BCUT2D eigenvalue weighted by Gasteiger charge is -2.07. The summed E-state index contributed by atoms with van der Waals surface area (Å²) in [6.45, 7) is 0.0541. The minimum Gasteiger partial charge on any atom is -0.457 e. The number of carbonyl (C=O) groups excluding carboxylic acids is 1. The molecule has 0 fully saturated rings. The molecule has 0 aliphatic rings. The number of hydrogen-bond donors (Lipinski definition) is 0. The predicted octanol–water partition coefficient (Wildman–Crippen LogP) is 4.61. The van der Waals surface area contributed by atoms with E-state index in [2.05, 4.69) is 11.2 Å². The molecule has 1 heterocycles. The summed E-state index contributed by atoms with van der Waals surface area (Å²) in [4.78, 5) is 12.2. The molecule has 0 N–H and O–H groups in total. The summed E-state index contributed by atoms with van der Waals surface area (Å²) in [6.07, 6.45) is 1.95. The highest BCUT2D eigenvalue weighted by atomic mass is 32.2.